The number of rotatable bonds is 1. The summed E-state index contributed by atoms with van der Waals surface area (Å²) in [5, 5.41) is 20.0. The number of alkyl halides is 2. The van der Waals surface area contributed by atoms with Gasteiger partial charge in [-0.1, -0.05) is 62.2 Å². The minimum atomic E-state index is -0.616. The molecule has 0 saturated carbocycles. The summed E-state index contributed by atoms with van der Waals surface area (Å²) in [4.78, 5) is -0.363. The third-order valence-corrected chi connectivity index (χ3v) is 5.60. The highest BCUT2D eigenvalue weighted by Crippen LogP contribution is 2.35. The molecule has 0 bridgehead atoms. The molecule has 1 aliphatic rings. The molecule has 0 amide bonds. The van der Waals surface area contributed by atoms with Gasteiger partial charge in [-0.2, -0.15) is 0 Å². The maximum atomic E-state index is 10.1. The molecule has 2 nitrogen and oxygen atoms in total. The minimum Gasteiger partial charge on any atom is -0.388 e. The number of halogens is 2. The molecule has 0 radical (unpaired) electrons. The van der Waals surface area contributed by atoms with Crippen molar-refractivity contribution in [1.82, 2.24) is 0 Å². The Labute approximate surface area is 111 Å². The van der Waals surface area contributed by atoms with E-state index >= 15 is 0 Å². The van der Waals surface area contributed by atoms with Crippen LogP contribution in [0.1, 0.15) is 5.56 Å². The topological polar surface area (TPSA) is 40.5 Å². The Morgan fingerprint density at radius 3 is 2.19 bits per heavy atom. The van der Waals surface area contributed by atoms with E-state index in [0.717, 1.165) is 11.1 Å². The molecule has 4 heteroatoms. The van der Waals surface area contributed by atoms with E-state index in [9.17, 15) is 10.2 Å². The van der Waals surface area contributed by atoms with Gasteiger partial charge in [0.05, 0.1) is 21.9 Å². The van der Waals surface area contributed by atoms with Crippen LogP contribution in [0.25, 0.3) is 5.57 Å². The maximum Gasteiger partial charge on any atom is 0.0930 e. The first-order valence-corrected chi connectivity index (χ1v) is 6.86. The molecular formula is C12H12Br2O2. The second-order valence-electron chi connectivity index (χ2n) is 3.81. The molecule has 0 aromatic heterocycles. The van der Waals surface area contributed by atoms with Crippen LogP contribution in [0.5, 0.6) is 0 Å². The molecule has 0 heterocycles. The zero-order valence-corrected chi connectivity index (χ0v) is 11.6. The minimum absolute atomic E-state index is 0.171. The highest BCUT2D eigenvalue weighted by atomic mass is 79.9. The summed E-state index contributed by atoms with van der Waals surface area (Å²) < 4.78 is 0. The molecule has 0 fully saturated rings. The van der Waals surface area contributed by atoms with Gasteiger partial charge < -0.3 is 10.2 Å². The summed E-state index contributed by atoms with van der Waals surface area (Å²) in [6, 6.07) is 9.61. The van der Waals surface area contributed by atoms with Crippen LogP contribution < -0.4 is 0 Å². The van der Waals surface area contributed by atoms with Crippen molar-refractivity contribution in [3.8, 4) is 0 Å². The number of hydrogen-bond donors (Lipinski definition) is 2. The average molecular weight is 348 g/mol. The summed E-state index contributed by atoms with van der Waals surface area (Å²) >= 11 is 6.76. The van der Waals surface area contributed by atoms with Crippen LogP contribution in [0, 0.1) is 0 Å². The Morgan fingerprint density at radius 1 is 0.938 bits per heavy atom. The highest BCUT2D eigenvalue weighted by Gasteiger charge is 2.35. The van der Waals surface area contributed by atoms with Crippen molar-refractivity contribution in [2.24, 2.45) is 0 Å². The van der Waals surface area contributed by atoms with Crippen molar-refractivity contribution in [2.75, 3.05) is 0 Å². The molecule has 1 aromatic rings. The Hall–Kier alpha value is -0.160. The van der Waals surface area contributed by atoms with E-state index in [1.807, 2.05) is 30.3 Å². The first-order chi connectivity index (χ1) is 7.61. The fourth-order valence-corrected chi connectivity index (χ4v) is 2.85. The van der Waals surface area contributed by atoms with Crippen molar-refractivity contribution in [3.63, 3.8) is 0 Å². The molecule has 4 atom stereocenters. The second kappa shape index (κ2) is 5.00. The van der Waals surface area contributed by atoms with Crippen LogP contribution in [-0.2, 0) is 0 Å². The summed E-state index contributed by atoms with van der Waals surface area (Å²) in [7, 11) is 0. The molecule has 0 unspecified atom stereocenters. The van der Waals surface area contributed by atoms with Crippen LogP contribution in [0.15, 0.2) is 36.4 Å². The molecular weight excluding hydrogens is 336 g/mol. The fraction of sp³-hybridized carbons (Fsp3) is 0.333. The number of benzene rings is 1. The molecule has 2 rings (SSSR count). The van der Waals surface area contributed by atoms with E-state index in [0.29, 0.717) is 0 Å². The quantitative estimate of drug-likeness (QED) is 0.765. The van der Waals surface area contributed by atoms with Gasteiger partial charge in [-0.15, -0.1) is 0 Å². The van der Waals surface area contributed by atoms with Gasteiger partial charge in [-0.3, -0.25) is 0 Å². The van der Waals surface area contributed by atoms with E-state index in [1.165, 1.54) is 0 Å². The monoisotopic (exact) mass is 346 g/mol. The van der Waals surface area contributed by atoms with E-state index in [2.05, 4.69) is 31.9 Å². The van der Waals surface area contributed by atoms with Gasteiger partial charge in [0.15, 0.2) is 0 Å². The number of aliphatic hydroxyl groups is 2. The number of hydrogen-bond acceptors (Lipinski definition) is 2. The summed E-state index contributed by atoms with van der Waals surface area (Å²) in [5.74, 6) is 0. The van der Waals surface area contributed by atoms with Crippen LogP contribution in [-0.4, -0.2) is 32.1 Å². The van der Waals surface area contributed by atoms with Gasteiger partial charge >= 0.3 is 0 Å². The normalized spacial score (nSPS) is 34.6. The van der Waals surface area contributed by atoms with E-state index in [1.54, 1.807) is 6.08 Å². The Bertz CT molecular complexity index is 391. The predicted molar refractivity (Wildman–Crippen MR) is 71.9 cm³/mol. The van der Waals surface area contributed by atoms with Crippen LogP contribution in [0.2, 0.25) is 0 Å². The lowest BCUT2D eigenvalue weighted by Gasteiger charge is -2.32. The third kappa shape index (κ3) is 2.25. The van der Waals surface area contributed by atoms with Gasteiger partial charge in [0.1, 0.15) is 0 Å². The van der Waals surface area contributed by atoms with Crippen LogP contribution in [0.3, 0.4) is 0 Å². The molecule has 0 saturated heterocycles. The summed E-state index contributed by atoms with van der Waals surface area (Å²) in [6.45, 7) is 0. The van der Waals surface area contributed by atoms with Crippen molar-refractivity contribution in [1.29, 1.82) is 0 Å². The van der Waals surface area contributed by atoms with E-state index in [-0.39, 0.29) is 9.65 Å². The molecule has 1 aromatic carbocycles. The zero-order chi connectivity index (χ0) is 11.7. The van der Waals surface area contributed by atoms with Crippen molar-refractivity contribution < 1.29 is 10.2 Å². The van der Waals surface area contributed by atoms with Crippen molar-refractivity contribution in [2.45, 2.75) is 21.9 Å². The Morgan fingerprint density at radius 2 is 1.56 bits per heavy atom. The molecule has 86 valence electrons. The highest BCUT2D eigenvalue weighted by molar-refractivity contribution is 9.12. The Kier molecular flexibility index (Phi) is 3.85. The summed E-state index contributed by atoms with van der Waals surface area (Å²) in [5.41, 5.74) is 1.71. The van der Waals surface area contributed by atoms with Gasteiger partial charge in [-0.25, -0.2) is 0 Å². The third-order valence-electron chi connectivity index (χ3n) is 2.71. The molecule has 0 spiro atoms. The number of aliphatic hydroxyl groups excluding tert-OH is 2. The smallest absolute Gasteiger partial charge is 0.0930 e. The van der Waals surface area contributed by atoms with Gasteiger partial charge in [-0.05, 0) is 17.2 Å². The maximum absolute atomic E-state index is 10.1. The van der Waals surface area contributed by atoms with Gasteiger partial charge in [0.25, 0.3) is 0 Å². The standard InChI is InChI=1S/C12H12Br2O2/c13-10-9(15)6-8(12(16)11(10)14)7-4-2-1-3-5-7/h1-6,9-12,15-16H/t9-,10+,11-,12-/m0/s1. The predicted octanol–water partition coefficient (Wildman–Crippen LogP) is 2.33. The summed E-state index contributed by atoms with van der Waals surface area (Å²) in [6.07, 6.45) is 0.495. The average Bonchev–Trinajstić information content (AvgIpc) is 2.32. The lowest BCUT2D eigenvalue weighted by atomic mass is 9.89. The van der Waals surface area contributed by atoms with Gasteiger partial charge in [0.2, 0.25) is 0 Å². The van der Waals surface area contributed by atoms with E-state index < -0.39 is 12.2 Å². The Balaban J connectivity index is 2.38. The molecule has 2 N–H and O–H groups in total. The van der Waals surface area contributed by atoms with Gasteiger partial charge in [0, 0.05) is 0 Å². The zero-order valence-electron chi connectivity index (χ0n) is 8.42. The SMILES string of the molecule is O[C@H]1C=C(c2ccccc2)[C@H](O)[C@@H](Br)[C@@H]1Br. The molecule has 1 aliphatic carbocycles. The van der Waals surface area contributed by atoms with Crippen molar-refractivity contribution in [3.05, 3.63) is 42.0 Å². The molecule has 0 aliphatic heterocycles. The van der Waals surface area contributed by atoms with E-state index in [4.69, 9.17) is 0 Å². The largest absolute Gasteiger partial charge is 0.388 e. The fourth-order valence-electron chi connectivity index (χ4n) is 1.81. The second-order valence-corrected chi connectivity index (χ2v) is 5.93. The lowest BCUT2D eigenvalue weighted by molar-refractivity contribution is 0.168. The first kappa shape index (κ1) is 12.3. The lowest BCUT2D eigenvalue weighted by Crippen LogP contribution is -2.41. The van der Waals surface area contributed by atoms with Crippen molar-refractivity contribution >= 4 is 37.4 Å². The van der Waals surface area contributed by atoms with Crippen LogP contribution >= 0.6 is 31.9 Å². The van der Waals surface area contributed by atoms with Crippen LogP contribution in [0.4, 0.5) is 0 Å². The molecule has 16 heavy (non-hydrogen) atoms. The first-order valence-electron chi connectivity index (χ1n) is 5.02.